The van der Waals surface area contributed by atoms with Crippen LogP contribution in [0.15, 0.2) is 10.3 Å². The van der Waals surface area contributed by atoms with Crippen molar-refractivity contribution in [2.45, 2.75) is 36.9 Å². The molecule has 1 aromatic heterocycles. The van der Waals surface area contributed by atoms with Crippen molar-refractivity contribution in [3.05, 3.63) is 20.5 Å². The van der Waals surface area contributed by atoms with Crippen LogP contribution in [0.5, 0.6) is 0 Å². The number of rotatable bonds is 6. The molecule has 0 aromatic carbocycles. The minimum Gasteiger partial charge on any atom is -0.258 e. The Balaban J connectivity index is 3.20. The van der Waals surface area contributed by atoms with Gasteiger partial charge in [0.15, 0.2) is 4.34 Å². The van der Waals surface area contributed by atoms with E-state index < -0.39 is 14.9 Å². The molecule has 1 heterocycles. The summed E-state index contributed by atoms with van der Waals surface area (Å²) in [7, 11) is -2.26. The Labute approximate surface area is 121 Å². The highest BCUT2D eigenvalue weighted by Crippen LogP contribution is 2.37. The van der Waals surface area contributed by atoms with E-state index in [4.69, 9.17) is 11.6 Å². The first kappa shape index (κ1) is 16.4. The zero-order valence-electron chi connectivity index (χ0n) is 10.8. The summed E-state index contributed by atoms with van der Waals surface area (Å²) in [6.45, 7) is 3.79. The van der Waals surface area contributed by atoms with Gasteiger partial charge >= 0.3 is 0 Å². The quantitative estimate of drug-likeness (QED) is 0.594. The van der Waals surface area contributed by atoms with Gasteiger partial charge in [-0.25, -0.2) is 8.42 Å². The first-order valence-electron chi connectivity index (χ1n) is 5.67. The number of nitrogens with zero attached hydrogens (tertiary/aromatic N) is 2. The molecule has 0 N–H and O–H groups in total. The predicted molar refractivity (Wildman–Crippen MR) is 75.3 cm³/mol. The molecular formula is C10H15ClN2O4S2. The Bertz CT molecular complexity index is 566. The van der Waals surface area contributed by atoms with E-state index in [2.05, 4.69) is 0 Å². The second-order valence-corrected chi connectivity index (χ2v) is 7.85. The monoisotopic (exact) mass is 326 g/mol. The van der Waals surface area contributed by atoms with E-state index in [-0.39, 0.29) is 20.3 Å². The molecule has 0 aliphatic rings. The van der Waals surface area contributed by atoms with E-state index in [9.17, 15) is 18.5 Å². The third-order valence-electron chi connectivity index (χ3n) is 2.93. The van der Waals surface area contributed by atoms with Crippen LogP contribution in [-0.2, 0) is 10.0 Å². The number of nitro groups is 1. The summed E-state index contributed by atoms with van der Waals surface area (Å²) < 4.78 is 25.7. The maximum Gasteiger partial charge on any atom is 0.300 e. The van der Waals surface area contributed by atoms with Gasteiger partial charge in [0.05, 0.1) is 4.92 Å². The molecule has 0 aliphatic carbocycles. The molecule has 0 radical (unpaired) electrons. The first-order chi connectivity index (χ1) is 8.75. The van der Waals surface area contributed by atoms with Crippen LogP contribution in [0.3, 0.4) is 0 Å². The number of hydrogen-bond donors (Lipinski definition) is 0. The fourth-order valence-electron chi connectivity index (χ4n) is 1.73. The fourth-order valence-corrected chi connectivity index (χ4v) is 5.09. The Kier molecular flexibility index (Phi) is 5.31. The number of halogens is 1. The van der Waals surface area contributed by atoms with Crippen LogP contribution in [0.2, 0.25) is 4.34 Å². The lowest BCUT2D eigenvalue weighted by molar-refractivity contribution is -0.384. The minimum absolute atomic E-state index is 0.0985. The van der Waals surface area contributed by atoms with Gasteiger partial charge in [0.25, 0.3) is 15.7 Å². The minimum atomic E-state index is -3.73. The van der Waals surface area contributed by atoms with Crippen molar-refractivity contribution in [1.82, 2.24) is 4.31 Å². The van der Waals surface area contributed by atoms with Gasteiger partial charge in [-0.1, -0.05) is 25.4 Å². The van der Waals surface area contributed by atoms with E-state index in [1.165, 1.54) is 11.4 Å². The van der Waals surface area contributed by atoms with Crippen molar-refractivity contribution < 1.29 is 13.3 Å². The topological polar surface area (TPSA) is 80.5 Å². The lowest BCUT2D eigenvalue weighted by atomic mass is 10.2. The summed E-state index contributed by atoms with van der Waals surface area (Å²) in [5.41, 5.74) is -0.372. The maximum absolute atomic E-state index is 12.3. The van der Waals surface area contributed by atoms with Crippen LogP contribution < -0.4 is 0 Å². The van der Waals surface area contributed by atoms with E-state index in [1.807, 2.05) is 13.8 Å². The van der Waals surface area contributed by atoms with Crippen molar-refractivity contribution in [3.63, 3.8) is 0 Å². The molecule has 108 valence electrons. The van der Waals surface area contributed by atoms with Crippen LogP contribution in [0.1, 0.15) is 26.7 Å². The summed E-state index contributed by atoms with van der Waals surface area (Å²) >= 11 is 6.40. The van der Waals surface area contributed by atoms with Crippen molar-refractivity contribution in [3.8, 4) is 0 Å². The molecule has 0 saturated heterocycles. The summed E-state index contributed by atoms with van der Waals surface area (Å²) in [5.74, 6) is 0. The van der Waals surface area contributed by atoms with Gasteiger partial charge in [0.1, 0.15) is 4.21 Å². The Morgan fingerprint density at radius 3 is 2.37 bits per heavy atom. The molecule has 9 heteroatoms. The van der Waals surface area contributed by atoms with Crippen molar-refractivity contribution in [1.29, 1.82) is 0 Å². The summed E-state index contributed by atoms with van der Waals surface area (Å²) in [6, 6.07) is 0.881. The Morgan fingerprint density at radius 1 is 1.47 bits per heavy atom. The van der Waals surface area contributed by atoms with Gasteiger partial charge in [0.2, 0.25) is 0 Å². The molecular weight excluding hydrogens is 312 g/mol. The van der Waals surface area contributed by atoms with E-state index in [0.717, 1.165) is 6.07 Å². The Morgan fingerprint density at radius 2 is 2.00 bits per heavy atom. The molecule has 0 saturated carbocycles. The van der Waals surface area contributed by atoms with Gasteiger partial charge in [-0.05, 0) is 12.8 Å². The van der Waals surface area contributed by atoms with Crippen molar-refractivity contribution in [2.75, 3.05) is 7.05 Å². The molecule has 0 atom stereocenters. The number of hydrogen-bond acceptors (Lipinski definition) is 5. The van der Waals surface area contributed by atoms with Crippen LogP contribution in [0.4, 0.5) is 5.69 Å². The molecule has 1 aromatic rings. The summed E-state index contributed by atoms with van der Waals surface area (Å²) in [4.78, 5) is 10.0. The zero-order chi connectivity index (χ0) is 14.8. The highest BCUT2D eigenvalue weighted by molar-refractivity contribution is 7.91. The highest BCUT2D eigenvalue weighted by Gasteiger charge is 2.31. The molecule has 19 heavy (non-hydrogen) atoms. The molecule has 0 aliphatic heterocycles. The molecule has 0 spiro atoms. The molecule has 1 rings (SSSR count). The smallest absolute Gasteiger partial charge is 0.258 e. The van der Waals surface area contributed by atoms with Gasteiger partial charge in [-0.3, -0.25) is 10.1 Å². The second kappa shape index (κ2) is 6.17. The van der Waals surface area contributed by atoms with Crippen molar-refractivity contribution >= 4 is 38.6 Å². The average Bonchev–Trinajstić information content (AvgIpc) is 2.73. The predicted octanol–water partition coefficient (Wildman–Crippen LogP) is 3.12. The standard InChI is InChI=1S/C10H15ClN2O4S2/c1-4-7(5-2)12(3)19(16,17)9-6-8(13(14)15)10(11)18-9/h6-7H,4-5H2,1-3H3. The first-order valence-corrected chi connectivity index (χ1v) is 8.30. The molecule has 6 nitrogen and oxygen atoms in total. The van der Waals surface area contributed by atoms with Crippen LogP contribution in [0, 0.1) is 10.1 Å². The molecule has 0 unspecified atom stereocenters. The number of sulfonamides is 1. The summed E-state index contributed by atoms with van der Waals surface area (Å²) in [6.07, 6.45) is 1.35. The molecule has 0 bridgehead atoms. The Hall–Kier alpha value is -0.700. The van der Waals surface area contributed by atoms with Crippen LogP contribution in [-0.4, -0.2) is 30.7 Å². The second-order valence-electron chi connectivity index (χ2n) is 3.97. The average molecular weight is 327 g/mol. The highest BCUT2D eigenvalue weighted by atomic mass is 35.5. The van der Waals surface area contributed by atoms with Gasteiger partial charge in [0, 0.05) is 19.2 Å². The SMILES string of the molecule is CCC(CC)N(C)S(=O)(=O)c1cc([N+](=O)[O-])c(Cl)s1. The van der Waals surface area contributed by atoms with Crippen molar-refractivity contribution in [2.24, 2.45) is 0 Å². The molecule has 0 amide bonds. The van der Waals surface area contributed by atoms with E-state index in [1.54, 1.807) is 0 Å². The normalized spacial score (nSPS) is 12.3. The maximum atomic E-state index is 12.3. The van der Waals surface area contributed by atoms with E-state index >= 15 is 0 Å². The third kappa shape index (κ3) is 3.25. The lowest BCUT2D eigenvalue weighted by Gasteiger charge is -2.24. The van der Waals surface area contributed by atoms with E-state index in [0.29, 0.717) is 24.2 Å². The van der Waals surface area contributed by atoms with Gasteiger partial charge < -0.3 is 0 Å². The zero-order valence-corrected chi connectivity index (χ0v) is 13.2. The summed E-state index contributed by atoms with van der Waals surface area (Å²) in [5, 5.41) is 10.7. The number of thiophene rings is 1. The van der Waals surface area contributed by atoms with Crippen LogP contribution >= 0.6 is 22.9 Å². The van der Waals surface area contributed by atoms with Gasteiger partial charge in [-0.2, -0.15) is 4.31 Å². The largest absolute Gasteiger partial charge is 0.300 e. The lowest BCUT2D eigenvalue weighted by Crippen LogP contribution is -2.35. The molecule has 0 fully saturated rings. The fraction of sp³-hybridized carbons (Fsp3) is 0.600. The third-order valence-corrected chi connectivity index (χ3v) is 6.63. The van der Waals surface area contributed by atoms with Gasteiger partial charge in [-0.15, -0.1) is 11.3 Å². The van der Waals surface area contributed by atoms with Crippen LogP contribution in [0.25, 0.3) is 0 Å².